The molecule has 2 aromatic rings. The molecule has 0 radical (unpaired) electrons. The molecule has 0 fully saturated rings. The molecule has 0 aliphatic rings. The summed E-state index contributed by atoms with van der Waals surface area (Å²) in [5.41, 5.74) is -1.24. The van der Waals surface area contributed by atoms with E-state index in [1.807, 2.05) is 0 Å². The molecule has 27 heavy (non-hydrogen) atoms. The van der Waals surface area contributed by atoms with Gasteiger partial charge in [0.2, 0.25) is 12.3 Å². The van der Waals surface area contributed by atoms with Gasteiger partial charge in [0.25, 0.3) is 0 Å². The van der Waals surface area contributed by atoms with Gasteiger partial charge >= 0.3 is 12.4 Å². The zero-order valence-corrected chi connectivity index (χ0v) is 14.1. The van der Waals surface area contributed by atoms with Gasteiger partial charge in [-0.05, 0) is 38.1 Å². The van der Waals surface area contributed by atoms with Gasteiger partial charge in [-0.3, -0.25) is 0 Å². The predicted molar refractivity (Wildman–Crippen MR) is 82.2 cm³/mol. The summed E-state index contributed by atoms with van der Waals surface area (Å²) in [4.78, 5) is 0. The Morgan fingerprint density at radius 3 is 1.30 bits per heavy atom. The van der Waals surface area contributed by atoms with Gasteiger partial charge in [0.05, 0.1) is 0 Å². The number of hydrogen-bond donors (Lipinski definition) is 0. The number of benzene rings is 2. The summed E-state index contributed by atoms with van der Waals surface area (Å²) in [6, 6.07) is 6.33. The van der Waals surface area contributed by atoms with E-state index in [9.17, 15) is 35.1 Å². The van der Waals surface area contributed by atoms with Crippen LogP contribution in [0, 0.1) is 13.8 Å². The zero-order valence-electron chi connectivity index (χ0n) is 14.1. The molecule has 0 saturated heterocycles. The Hall–Kier alpha value is -2.32. The van der Waals surface area contributed by atoms with Crippen molar-refractivity contribution in [1.82, 2.24) is 0 Å². The molecule has 0 spiro atoms. The first-order chi connectivity index (χ1) is 12.3. The lowest BCUT2D eigenvalue weighted by Crippen LogP contribution is -2.18. The van der Waals surface area contributed by atoms with Gasteiger partial charge in [0.15, 0.2) is 0 Å². The molecule has 2 unspecified atom stereocenters. The van der Waals surface area contributed by atoms with Gasteiger partial charge in [-0.25, -0.2) is 8.78 Å². The highest BCUT2D eigenvalue weighted by Crippen LogP contribution is 2.45. The molecular weight excluding hydrogens is 384 g/mol. The largest absolute Gasteiger partial charge is 0.457 e. The first kappa shape index (κ1) is 21.0. The van der Waals surface area contributed by atoms with Crippen LogP contribution in [0.25, 0.3) is 0 Å². The molecule has 0 amide bonds. The molecule has 2 rings (SSSR count). The first-order valence-corrected chi connectivity index (χ1v) is 7.61. The summed E-state index contributed by atoms with van der Waals surface area (Å²) in [5, 5.41) is 0. The number of rotatable bonds is 4. The van der Waals surface area contributed by atoms with Crippen LogP contribution in [0.1, 0.15) is 34.6 Å². The molecule has 0 saturated carbocycles. The van der Waals surface area contributed by atoms with E-state index in [4.69, 9.17) is 4.74 Å². The van der Waals surface area contributed by atoms with Gasteiger partial charge in [0, 0.05) is 11.1 Å². The second-order valence-corrected chi connectivity index (χ2v) is 5.99. The molecule has 0 aromatic heterocycles. The van der Waals surface area contributed by atoms with E-state index in [0.717, 1.165) is 24.3 Å². The molecule has 9 heteroatoms. The summed E-state index contributed by atoms with van der Waals surface area (Å²) in [7, 11) is 0. The fourth-order valence-corrected chi connectivity index (χ4v) is 2.39. The molecule has 2 atom stereocenters. The van der Waals surface area contributed by atoms with Crippen LogP contribution in [-0.4, -0.2) is 12.4 Å². The maximum absolute atomic E-state index is 13.8. The van der Waals surface area contributed by atoms with E-state index < -0.39 is 47.3 Å². The van der Waals surface area contributed by atoms with Crippen molar-refractivity contribution in [3.05, 3.63) is 58.7 Å². The quantitative estimate of drug-likeness (QED) is 0.493. The van der Waals surface area contributed by atoms with Crippen LogP contribution in [0.15, 0.2) is 36.4 Å². The monoisotopic (exact) mass is 398 g/mol. The van der Waals surface area contributed by atoms with Gasteiger partial charge in [-0.15, -0.1) is 0 Å². The summed E-state index contributed by atoms with van der Waals surface area (Å²) >= 11 is 0. The molecular formula is C18H14F8O. The Balaban J connectivity index is 2.53. The smallest absolute Gasteiger partial charge is 0.424 e. The second kappa shape index (κ2) is 7.36. The van der Waals surface area contributed by atoms with E-state index in [0.29, 0.717) is 0 Å². The summed E-state index contributed by atoms with van der Waals surface area (Å²) in [5.74, 6) is -1.30. The summed E-state index contributed by atoms with van der Waals surface area (Å²) in [6.07, 6.45) is -17.3. The Kier molecular flexibility index (Phi) is 5.72. The van der Waals surface area contributed by atoms with Crippen molar-refractivity contribution in [3.63, 3.8) is 0 Å². The van der Waals surface area contributed by atoms with Gasteiger partial charge in [-0.2, -0.15) is 26.3 Å². The van der Waals surface area contributed by atoms with E-state index in [1.165, 1.54) is 26.0 Å². The SMILES string of the molecule is Cc1ccc(Oc2ccc(C)cc2C(F)C(F)(F)F)c(C(F)C(F)(F)F)c1. The molecule has 2 aromatic carbocycles. The normalized spacial score (nSPS) is 14.7. The highest BCUT2D eigenvalue weighted by Gasteiger charge is 2.44. The maximum atomic E-state index is 13.8. The van der Waals surface area contributed by atoms with Gasteiger partial charge in [-0.1, -0.05) is 23.3 Å². The Morgan fingerprint density at radius 1 is 0.667 bits per heavy atom. The van der Waals surface area contributed by atoms with Gasteiger partial charge in [0.1, 0.15) is 11.5 Å². The van der Waals surface area contributed by atoms with Crippen molar-refractivity contribution in [1.29, 1.82) is 0 Å². The van der Waals surface area contributed by atoms with Crippen molar-refractivity contribution >= 4 is 0 Å². The number of alkyl halides is 8. The number of ether oxygens (including phenoxy) is 1. The molecule has 1 nitrogen and oxygen atoms in total. The predicted octanol–water partition coefficient (Wildman–Crippen LogP) is 7.24. The third-order valence-electron chi connectivity index (χ3n) is 3.67. The van der Waals surface area contributed by atoms with Crippen molar-refractivity contribution in [2.75, 3.05) is 0 Å². The minimum absolute atomic E-state index is 0.284. The minimum Gasteiger partial charge on any atom is -0.457 e. The molecule has 0 bridgehead atoms. The van der Waals surface area contributed by atoms with Crippen LogP contribution in [0.3, 0.4) is 0 Å². The van der Waals surface area contributed by atoms with E-state index >= 15 is 0 Å². The molecule has 0 aliphatic carbocycles. The second-order valence-electron chi connectivity index (χ2n) is 5.99. The zero-order chi connectivity index (χ0) is 20.6. The lowest BCUT2D eigenvalue weighted by molar-refractivity contribution is -0.183. The average Bonchev–Trinajstić information content (AvgIpc) is 2.54. The van der Waals surface area contributed by atoms with Crippen molar-refractivity contribution < 1.29 is 39.9 Å². The Labute approximate surface area is 149 Å². The van der Waals surface area contributed by atoms with Crippen LogP contribution in [0.5, 0.6) is 11.5 Å². The van der Waals surface area contributed by atoms with Crippen LogP contribution >= 0.6 is 0 Å². The van der Waals surface area contributed by atoms with Crippen LogP contribution in [-0.2, 0) is 0 Å². The fraction of sp³-hybridized carbons (Fsp3) is 0.333. The first-order valence-electron chi connectivity index (χ1n) is 7.61. The average molecular weight is 398 g/mol. The van der Waals surface area contributed by atoms with E-state index in [1.54, 1.807) is 0 Å². The highest BCUT2D eigenvalue weighted by atomic mass is 19.4. The van der Waals surface area contributed by atoms with Crippen LogP contribution < -0.4 is 4.74 Å². The fourth-order valence-electron chi connectivity index (χ4n) is 2.39. The maximum Gasteiger partial charge on any atom is 0.424 e. The third kappa shape index (κ3) is 4.90. The third-order valence-corrected chi connectivity index (χ3v) is 3.67. The number of halogens is 8. The molecule has 0 aliphatic heterocycles. The molecule has 0 N–H and O–H groups in total. The molecule has 0 heterocycles. The van der Waals surface area contributed by atoms with Crippen molar-refractivity contribution in [2.45, 2.75) is 38.5 Å². The summed E-state index contributed by atoms with van der Waals surface area (Å²) in [6.45, 7) is 2.82. The standard InChI is InChI=1S/C18H14F8O/c1-9-3-5-13(11(7-9)15(19)17(21,22)23)27-14-6-4-10(2)8-12(14)16(20)18(24,25)26/h3-8,15-16H,1-2H3. The van der Waals surface area contributed by atoms with Gasteiger partial charge < -0.3 is 4.74 Å². The van der Waals surface area contributed by atoms with Crippen LogP contribution in [0.2, 0.25) is 0 Å². The Morgan fingerprint density at radius 2 is 1.00 bits per heavy atom. The minimum atomic E-state index is -5.24. The topological polar surface area (TPSA) is 9.23 Å². The van der Waals surface area contributed by atoms with Crippen molar-refractivity contribution in [3.8, 4) is 11.5 Å². The highest BCUT2D eigenvalue weighted by molar-refractivity contribution is 5.46. The van der Waals surface area contributed by atoms with Crippen molar-refractivity contribution in [2.24, 2.45) is 0 Å². The van der Waals surface area contributed by atoms with E-state index in [2.05, 4.69) is 0 Å². The van der Waals surface area contributed by atoms with Crippen LogP contribution in [0.4, 0.5) is 35.1 Å². The molecule has 148 valence electrons. The Bertz CT molecular complexity index is 742. The summed E-state index contributed by atoms with van der Waals surface area (Å²) < 4.78 is 109. The number of aryl methyl sites for hydroxylation is 2. The van der Waals surface area contributed by atoms with E-state index in [-0.39, 0.29) is 11.1 Å². The number of hydrogen-bond acceptors (Lipinski definition) is 1. The lowest BCUT2D eigenvalue weighted by atomic mass is 10.0. The lowest BCUT2D eigenvalue weighted by Gasteiger charge is -2.20.